The van der Waals surface area contributed by atoms with E-state index in [1.54, 1.807) is 0 Å². The Bertz CT molecular complexity index is 1490. The van der Waals surface area contributed by atoms with Crippen molar-refractivity contribution in [2.75, 3.05) is 0 Å². The molecule has 0 N–H and O–H groups in total. The molecule has 3 aromatic carbocycles. The van der Waals surface area contributed by atoms with E-state index in [2.05, 4.69) is 80.1 Å². The SMILES string of the molecule is CC1C2CCC1CC(C)(c1ccc3oc4ccc5c(c6ccccc6n5C)c4c3c1)C2. The van der Waals surface area contributed by atoms with E-state index in [0.717, 1.165) is 28.9 Å². The molecule has 2 unspecified atom stereocenters. The number of nitrogens with zero attached hydrogens (tertiary/aromatic N) is 1. The number of furan rings is 1. The van der Waals surface area contributed by atoms with Crippen LogP contribution in [0, 0.1) is 17.8 Å². The van der Waals surface area contributed by atoms with Crippen molar-refractivity contribution in [2.45, 2.75) is 44.9 Å². The molecule has 2 aliphatic rings. The van der Waals surface area contributed by atoms with E-state index in [1.165, 1.54) is 63.8 Å². The molecule has 2 aliphatic carbocycles. The summed E-state index contributed by atoms with van der Waals surface area (Å²) < 4.78 is 8.67. The minimum Gasteiger partial charge on any atom is -0.456 e. The summed E-state index contributed by atoms with van der Waals surface area (Å²) in [4.78, 5) is 0. The third-order valence-electron chi connectivity index (χ3n) is 9.03. The van der Waals surface area contributed by atoms with Crippen molar-refractivity contribution >= 4 is 43.7 Å². The first-order chi connectivity index (χ1) is 15.0. The summed E-state index contributed by atoms with van der Waals surface area (Å²) in [5.41, 5.74) is 6.35. The highest BCUT2D eigenvalue weighted by Gasteiger charge is 2.46. The van der Waals surface area contributed by atoms with Crippen LogP contribution < -0.4 is 0 Å². The zero-order valence-corrected chi connectivity index (χ0v) is 18.6. The zero-order chi connectivity index (χ0) is 20.9. The predicted molar refractivity (Wildman–Crippen MR) is 130 cm³/mol. The highest BCUT2D eigenvalue weighted by atomic mass is 16.3. The minimum absolute atomic E-state index is 0.281. The van der Waals surface area contributed by atoms with E-state index in [0.29, 0.717) is 0 Å². The number of benzene rings is 3. The Morgan fingerprint density at radius 1 is 0.839 bits per heavy atom. The molecule has 31 heavy (non-hydrogen) atoms. The lowest BCUT2D eigenvalue weighted by molar-refractivity contribution is 0.162. The van der Waals surface area contributed by atoms with Crippen LogP contribution in [0.3, 0.4) is 0 Å². The lowest BCUT2D eigenvalue weighted by Crippen LogP contribution is -2.35. The van der Waals surface area contributed by atoms with E-state index in [9.17, 15) is 0 Å². The Labute approximate surface area is 182 Å². The Hall–Kier alpha value is -2.74. The van der Waals surface area contributed by atoms with E-state index in [-0.39, 0.29) is 5.41 Å². The predicted octanol–water partition coefficient (Wildman–Crippen LogP) is 7.94. The van der Waals surface area contributed by atoms with Crippen molar-refractivity contribution in [3.05, 3.63) is 60.2 Å². The molecule has 2 atom stereocenters. The molecule has 5 aromatic rings. The molecular formula is C29H29NO. The third kappa shape index (κ3) is 2.28. The molecule has 0 spiro atoms. The summed E-state index contributed by atoms with van der Waals surface area (Å²) in [6.45, 7) is 5.01. The standard InChI is InChI=1S/C29H29NO/c1-17-18-8-9-19(17)16-29(2,15-18)20-10-12-25-22(14-20)28-26(31-25)13-11-24-27(28)21-6-4-5-7-23(21)30(24)3/h4-7,10-14,17-19H,8-9,15-16H2,1-3H3. The second-order valence-corrected chi connectivity index (χ2v) is 10.6. The number of aromatic nitrogens is 1. The molecule has 2 heteroatoms. The quantitative estimate of drug-likeness (QED) is 0.276. The highest BCUT2D eigenvalue weighted by molar-refractivity contribution is 6.26. The van der Waals surface area contributed by atoms with Gasteiger partial charge in [0.05, 0.1) is 0 Å². The van der Waals surface area contributed by atoms with Gasteiger partial charge in [-0.15, -0.1) is 0 Å². The van der Waals surface area contributed by atoms with Crippen LogP contribution in [0.25, 0.3) is 43.7 Å². The van der Waals surface area contributed by atoms with E-state index < -0.39 is 0 Å². The number of para-hydroxylation sites is 1. The second-order valence-electron chi connectivity index (χ2n) is 10.6. The maximum atomic E-state index is 6.36. The van der Waals surface area contributed by atoms with Crippen molar-refractivity contribution in [1.82, 2.24) is 4.57 Å². The van der Waals surface area contributed by atoms with Gasteiger partial charge in [-0.1, -0.05) is 38.1 Å². The zero-order valence-electron chi connectivity index (χ0n) is 18.6. The van der Waals surface area contributed by atoms with E-state index >= 15 is 0 Å². The number of hydrogen-bond acceptors (Lipinski definition) is 1. The molecule has 156 valence electrons. The van der Waals surface area contributed by atoms with Gasteiger partial charge in [0, 0.05) is 39.6 Å². The van der Waals surface area contributed by atoms with Crippen LogP contribution in [-0.4, -0.2) is 4.57 Å². The molecule has 2 fully saturated rings. The van der Waals surface area contributed by atoms with Crippen LogP contribution in [0.2, 0.25) is 0 Å². The Balaban J connectivity index is 1.51. The van der Waals surface area contributed by atoms with Crippen LogP contribution >= 0.6 is 0 Å². The first-order valence-corrected chi connectivity index (χ1v) is 11.9. The summed E-state index contributed by atoms with van der Waals surface area (Å²) in [7, 11) is 2.17. The lowest BCUT2D eigenvalue weighted by Gasteiger charge is -2.42. The normalized spacial score (nSPS) is 28.4. The van der Waals surface area contributed by atoms with Crippen molar-refractivity contribution in [3.63, 3.8) is 0 Å². The van der Waals surface area contributed by atoms with Crippen molar-refractivity contribution in [1.29, 1.82) is 0 Å². The van der Waals surface area contributed by atoms with Crippen LogP contribution in [0.15, 0.2) is 59.0 Å². The fraction of sp³-hybridized carbons (Fsp3) is 0.379. The van der Waals surface area contributed by atoms with Crippen LogP contribution in [0.4, 0.5) is 0 Å². The molecule has 0 radical (unpaired) electrons. The number of hydrogen-bond donors (Lipinski definition) is 0. The summed E-state index contributed by atoms with van der Waals surface area (Å²) >= 11 is 0. The molecule has 0 amide bonds. The number of rotatable bonds is 1. The average Bonchev–Trinajstić information content (AvgIpc) is 3.36. The van der Waals surface area contributed by atoms with Gasteiger partial charge in [0.2, 0.25) is 0 Å². The van der Waals surface area contributed by atoms with Crippen molar-refractivity contribution in [2.24, 2.45) is 24.8 Å². The summed E-state index contributed by atoms with van der Waals surface area (Å²) in [6, 6.07) is 20.2. The van der Waals surface area contributed by atoms with Crippen LogP contribution in [0.5, 0.6) is 0 Å². The highest BCUT2D eigenvalue weighted by Crippen LogP contribution is 2.55. The topological polar surface area (TPSA) is 18.1 Å². The van der Waals surface area contributed by atoms with E-state index in [4.69, 9.17) is 4.42 Å². The van der Waals surface area contributed by atoms with Gasteiger partial charge in [0.1, 0.15) is 11.2 Å². The van der Waals surface area contributed by atoms with Gasteiger partial charge in [-0.3, -0.25) is 0 Å². The Morgan fingerprint density at radius 3 is 2.39 bits per heavy atom. The second kappa shape index (κ2) is 5.94. The van der Waals surface area contributed by atoms with Gasteiger partial charge in [-0.2, -0.15) is 0 Å². The maximum Gasteiger partial charge on any atom is 0.136 e. The first kappa shape index (κ1) is 17.9. The molecule has 2 nitrogen and oxygen atoms in total. The van der Waals surface area contributed by atoms with Gasteiger partial charge >= 0.3 is 0 Å². The van der Waals surface area contributed by atoms with Gasteiger partial charge in [0.15, 0.2) is 0 Å². The largest absolute Gasteiger partial charge is 0.456 e. The molecule has 2 heterocycles. The summed E-state index contributed by atoms with van der Waals surface area (Å²) in [5, 5.41) is 5.20. The van der Waals surface area contributed by atoms with Crippen molar-refractivity contribution < 1.29 is 4.42 Å². The molecule has 0 saturated heterocycles. The van der Waals surface area contributed by atoms with Gasteiger partial charge in [-0.05, 0) is 84.7 Å². The molecule has 2 saturated carbocycles. The molecular weight excluding hydrogens is 378 g/mol. The Kier molecular flexibility index (Phi) is 3.43. The number of fused-ring (bicyclic) bond motifs is 9. The Morgan fingerprint density at radius 2 is 1.58 bits per heavy atom. The molecule has 2 aromatic heterocycles. The average molecular weight is 408 g/mol. The fourth-order valence-electron chi connectivity index (χ4n) is 7.28. The molecule has 2 bridgehead atoms. The number of aryl methyl sites for hydroxylation is 1. The van der Waals surface area contributed by atoms with Crippen LogP contribution in [0.1, 0.15) is 45.1 Å². The third-order valence-corrected chi connectivity index (χ3v) is 9.03. The molecule has 0 aliphatic heterocycles. The molecule has 7 rings (SSSR count). The summed E-state index contributed by atoms with van der Waals surface area (Å²) in [5.74, 6) is 2.69. The smallest absolute Gasteiger partial charge is 0.136 e. The van der Waals surface area contributed by atoms with Gasteiger partial charge in [-0.25, -0.2) is 0 Å². The van der Waals surface area contributed by atoms with E-state index in [1.807, 2.05) is 0 Å². The van der Waals surface area contributed by atoms with Crippen LogP contribution in [-0.2, 0) is 12.5 Å². The van der Waals surface area contributed by atoms with Crippen molar-refractivity contribution in [3.8, 4) is 0 Å². The van der Waals surface area contributed by atoms with Gasteiger partial charge in [0.25, 0.3) is 0 Å². The fourth-order valence-corrected chi connectivity index (χ4v) is 7.28. The summed E-state index contributed by atoms with van der Waals surface area (Å²) in [6.07, 6.45) is 5.51. The maximum absolute atomic E-state index is 6.36. The lowest BCUT2D eigenvalue weighted by atomic mass is 9.63. The first-order valence-electron chi connectivity index (χ1n) is 11.9. The van der Waals surface area contributed by atoms with Gasteiger partial charge < -0.3 is 8.98 Å². The minimum atomic E-state index is 0.281. The monoisotopic (exact) mass is 407 g/mol.